The zero-order valence-electron chi connectivity index (χ0n) is 20.5. The average Bonchev–Trinajstić information content (AvgIpc) is 3.52. The van der Waals surface area contributed by atoms with Crippen molar-refractivity contribution < 1.29 is 0 Å². The van der Waals surface area contributed by atoms with Gasteiger partial charge in [0.05, 0.1) is 7.57 Å². The fourth-order valence-electron chi connectivity index (χ4n) is 4.52. The summed E-state index contributed by atoms with van der Waals surface area (Å²) >= 11 is 13.6. The van der Waals surface area contributed by atoms with E-state index in [1.165, 1.54) is 102 Å². The molecule has 0 fully saturated rings. The maximum atomic E-state index is 3.90. The molecule has 2 unspecified atom stereocenters. The van der Waals surface area contributed by atoms with Gasteiger partial charge in [0.15, 0.2) is 0 Å². The van der Waals surface area contributed by atoms with E-state index in [9.17, 15) is 0 Å². The lowest BCUT2D eigenvalue weighted by molar-refractivity contribution is 0.452. The predicted molar refractivity (Wildman–Crippen MR) is 160 cm³/mol. The van der Waals surface area contributed by atoms with E-state index in [4.69, 9.17) is 0 Å². The van der Waals surface area contributed by atoms with E-state index in [1.54, 1.807) is 0 Å². The molecule has 0 spiro atoms. The molecule has 3 heterocycles. The smallest absolute Gasteiger partial charge is 0.0803 e. The minimum Gasteiger partial charge on any atom is -0.140 e. The Labute approximate surface area is 230 Å². The van der Waals surface area contributed by atoms with Gasteiger partial charge in [-0.25, -0.2) is 0 Å². The van der Waals surface area contributed by atoms with Gasteiger partial charge >= 0.3 is 0 Å². The lowest BCUT2D eigenvalue weighted by atomic mass is 9.95. The molecule has 5 heteroatoms. The molecule has 0 aliphatic heterocycles. The summed E-state index contributed by atoms with van der Waals surface area (Å²) in [7, 11) is 0. The molecule has 0 saturated carbocycles. The van der Waals surface area contributed by atoms with Crippen LogP contribution in [0.5, 0.6) is 0 Å². The van der Waals surface area contributed by atoms with Gasteiger partial charge in [-0.15, -0.1) is 34.0 Å². The normalized spacial score (nSPS) is 13.5. The third-order valence-electron chi connectivity index (χ3n) is 6.70. The van der Waals surface area contributed by atoms with Crippen molar-refractivity contribution in [2.24, 2.45) is 11.8 Å². The fourth-order valence-corrected chi connectivity index (χ4v) is 10.5. The molecule has 3 aromatic rings. The van der Waals surface area contributed by atoms with Gasteiger partial charge < -0.3 is 0 Å². The second-order valence-corrected chi connectivity index (χ2v) is 15.2. The van der Waals surface area contributed by atoms with Crippen molar-refractivity contribution in [1.29, 1.82) is 0 Å². The van der Waals surface area contributed by atoms with Crippen LogP contribution in [0.1, 0.15) is 88.8 Å². The Morgan fingerprint density at radius 3 is 1.42 bits per heavy atom. The highest BCUT2D eigenvalue weighted by Crippen LogP contribution is 2.51. The van der Waals surface area contributed by atoms with Gasteiger partial charge in [-0.05, 0) is 80.8 Å². The molecule has 0 nitrogen and oxygen atoms in total. The van der Waals surface area contributed by atoms with Crippen molar-refractivity contribution in [3.05, 3.63) is 41.6 Å². The molecule has 0 aliphatic carbocycles. The van der Waals surface area contributed by atoms with E-state index in [2.05, 4.69) is 83.8 Å². The summed E-state index contributed by atoms with van der Waals surface area (Å²) in [6.45, 7) is 9.29. The maximum Gasteiger partial charge on any atom is 0.0803 e. The number of thiophene rings is 3. The molecule has 0 bridgehead atoms. The van der Waals surface area contributed by atoms with Crippen molar-refractivity contribution in [1.82, 2.24) is 0 Å². The van der Waals surface area contributed by atoms with Crippen LogP contribution in [0.25, 0.3) is 20.9 Å². The van der Waals surface area contributed by atoms with E-state index in [0.29, 0.717) is 0 Å². The van der Waals surface area contributed by atoms with Crippen LogP contribution >= 0.6 is 65.9 Å². The third-order valence-corrected chi connectivity index (χ3v) is 11.5. The minimum atomic E-state index is 0.813. The van der Waals surface area contributed by atoms with Crippen LogP contribution in [0.15, 0.2) is 31.8 Å². The lowest BCUT2D eigenvalue weighted by Gasteiger charge is -2.13. The summed E-state index contributed by atoms with van der Waals surface area (Å²) in [5.41, 5.74) is 2.74. The van der Waals surface area contributed by atoms with E-state index >= 15 is 0 Å². The Balaban J connectivity index is 1.82. The summed E-state index contributed by atoms with van der Waals surface area (Å²) in [5, 5.41) is 0. The predicted octanol–water partition coefficient (Wildman–Crippen LogP) is 12.2. The molecule has 0 aliphatic rings. The van der Waals surface area contributed by atoms with Crippen LogP contribution < -0.4 is 0 Å². The van der Waals surface area contributed by atoms with E-state index in [0.717, 1.165) is 11.8 Å². The first-order valence-electron chi connectivity index (χ1n) is 12.7. The first kappa shape index (κ1) is 27.6. The molecule has 3 aromatic heterocycles. The molecule has 33 heavy (non-hydrogen) atoms. The monoisotopic (exact) mass is 628 g/mol. The zero-order chi connectivity index (χ0) is 23.8. The summed E-state index contributed by atoms with van der Waals surface area (Å²) in [6, 6.07) is 9.44. The number of rotatable bonds is 14. The zero-order valence-corrected chi connectivity index (χ0v) is 26.1. The molecule has 0 amide bonds. The summed E-state index contributed by atoms with van der Waals surface area (Å²) < 4.78 is 2.47. The SMILES string of the molecule is CCCCC(CC)Cc1ccc(-c2c(Br)sc(Br)c2-c2ccc(CC(CC)CCCC)s2)s1. The third kappa shape index (κ3) is 7.52. The minimum absolute atomic E-state index is 0.813. The molecular weight excluding hydrogens is 592 g/mol. The van der Waals surface area contributed by atoms with Crippen LogP contribution in [-0.2, 0) is 12.8 Å². The van der Waals surface area contributed by atoms with Crippen molar-refractivity contribution >= 4 is 65.9 Å². The second-order valence-electron chi connectivity index (χ2n) is 9.17. The van der Waals surface area contributed by atoms with E-state index < -0.39 is 0 Å². The first-order chi connectivity index (χ1) is 16.0. The maximum absolute atomic E-state index is 3.90. The van der Waals surface area contributed by atoms with Crippen LogP contribution in [0.4, 0.5) is 0 Å². The van der Waals surface area contributed by atoms with Gasteiger partial charge in [-0.1, -0.05) is 79.1 Å². The summed E-state index contributed by atoms with van der Waals surface area (Å²) in [6.07, 6.45) is 13.0. The fraction of sp³-hybridized carbons (Fsp3) is 0.571. The number of hydrogen-bond acceptors (Lipinski definition) is 3. The van der Waals surface area contributed by atoms with Gasteiger partial charge in [0.2, 0.25) is 0 Å². The molecule has 3 rings (SSSR count). The van der Waals surface area contributed by atoms with Crippen LogP contribution in [0.2, 0.25) is 0 Å². The highest BCUT2D eigenvalue weighted by atomic mass is 79.9. The number of hydrogen-bond donors (Lipinski definition) is 0. The molecule has 2 atom stereocenters. The van der Waals surface area contributed by atoms with Gasteiger partial charge in [0.1, 0.15) is 0 Å². The van der Waals surface area contributed by atoms with Gasteiger partial charge in [0.25, 0.3) is 0 Å². The second kappa shape index (κ2) is 14.0. The Kier molecular flexibility index (Phi) is 11.7. The Hall–Kier alpha value is 0.0600. The summed E-state index contributed by atoms with van der Waals surface area (Å²) in [5.74, 6) is 1.63. The molecular formula is C28H38Br2S3. The first-order valence-corrected chi connectivity index (χ1v) is 16.7. The van der Waals surface area contributed by atoms with E-state index in [-0.39, 0.29) is 0 Å². The van der Waals surface area contributed by atoms with Gasteiger partial charge in [0, 0.05) is 30.6 Å². The molecule has 0 radical (unpaired) electrons. The van der Waals surface area contributed by atoms with Crippen molar-refractivity contribution in [3.63, 3.8) is 0 Å². The van der Waals surface area contributed by atoms with Crippen molar-refractivity contribution in [2.45, 2.75) is 91.9 Å². The summed E-state index contributed by atoms with van der Waals surface area (Å²) in [4.78, 5) is 5.84. The highest BCUT2D eigenvalue weighted by molar-refractivity contribution is 9.12. The number of unbranched alkanes of at least 4 members (excludes halogenated alkanes) is 2. The number of halogens is 2. The largest absolute Gasteiger partial charge is 0.140 e. The lowest BCUT2D eigenvalue weighted by Crippen LogP contribution is -2.01. The quantitative estimate of drug-likeness (QED) is 0.166. The molecule has 0 saturated heterocycles. The average molecular weight is 631 g/mol. The van der Waals surface area contributed by atoms with E-state index in [1.807, 2.05) is 34.0 Å². The molecule has 0 N–H and O–H groups in total. The topological polar surface area (TPSA) is 0 Å². The highest BCUT2D eigenvalue weighted by Gasteiger charge is 2.22. The van der Waals surface area contributed by atoms with Crippen LogP contribution in [-0.4, -0.2) is 0 Å². The van der Waals surface area contributed by atoms with Crippen LogP contribution in [0, 0.1) is 11.8 Å². The van der Waals surface area contributed by atoms with Gasteiger partial charge in [-0.3, -0.25) is 0 Å². The van der Waals surface area contributed by atoms with Crippen molar-refractivity contribution in [3.8, 4) is 20.9 Å². The Morgan fingerprint density at radius 2 is 1.06 bits per heavy atom. The molecule has 0 aromatic carbocycles. The van der Waals surface area contributed by atoms with Crippen molar-refractivity contribution in [2.75, 3.05) is 0 Å². The molecule has 182 valence electrons. The van der Waals surface area contributed by atoms with Crippen LogP contribution in [0.3, 0.4) is 0 Å². The standard InChI is InChI=1S/C28H38Br2S3/c1-5-9-11-19(7-3)17-21-13-15-23(31-21)25-26(28(30)33-27(25)29)24-16-14-22(32-24)18-20(8-4)12-10-6-2/h13-16,19-20H,5-12,17-18H2,1-4H3. The Bertz CT molecular complexity index is 905. The van der Waals surface area contributed by atoms with Gasteiger partial charge in [-0.2, -0.15) is 0 Å². The Morgan fingerprint density at radius 1 is 0.636 bits per heavy atom.